The lowest BCUT2D eigenvalue weighted by molar-refractivity contribution is -0.145. The molecule has 0 bridgehead atoms. The van der Waals surface area contributed by atoms with Crippen LogP contribution in [0.5, 0.6) is 0 Å². The third-order valence-electron chi connectivity index (χ3n) is 3.52. The molecule has 0 radical (unpaired) electrons. The van der Waals surface area contributed by atoms with Crippen molar-refractivity contribution in [3.8, 4) is 0 Å². The molecular formula is C14H26O4. The molecule has 0 saturated heterocycles. The number of aliphatic carboxylic acids is 2. The number of carbonyl (C=O) groups is 2. The number of carboxylic acid groups (broad SMARTS) is 2. The summed E-state index contributed by atoms with van der Waals surface area (Å²) in [6.45, 7) is 7.64. The van der Waals surface area contributed by atoms with Crippen LogP contribution in [0.2, 0.25) is 0 Å². The van der Waals surface area contributed by atoms with Gasteiger partial charge in [-0.15, -0.1) is 0 Å². The molecule has 0 aliphatic carbocycles. The summed E-state index contributed by atoms with van der Waals surface area (Å²) in [6.07, 6.45) is 2.84. The maximum Gasteiger partial charge on any atom is 0.306 e. The molecule has 0 aromatic heterocycles. The Morgan fingerprint density at radius 2 is 1.06 bits per heavy atom. The summed E-state index contributed by atoms with van der Waals surface area (Å²) < 4.78 is 0. The second-order valence-electron chi connectivity index (χ2n) is 5.66. The number of unbranched alkanes of at least 4 members (excludes halogenated alkanes) is 1. The first-order chi connectivity index (χ1) is 8.27. The van der Waals surface area contributed by atoms with E-state index in [-0.39, 0.29) is 23.7 Å². The molecule has 18 heavy (non-hydrogen) atoms. The second-order valence-corrected chi connectivity index (χ2v) is 5.66. The van der Waals surface area contributed by atoms with Gasteiger partial charge in [0.15, 0.2) is 0 Å². The van der Waals surface area contributed by atoms with Gasteiger partial charge < -0.3 is 10.2 Å². The number of hydrogen-bond donors (Lipinski definition) is 2. The van der Waals surface area contributed by atoms with E-state index in [4.69, 9.17) is 10.2 Å². The molecule has 2 N–H and O–H groups in total. The van der Waals surface area contributed by atoms with Crippen LogP contribution >= 0.6 is 0 Å². The zero-order valence-electron chi connectivity index (χ0n) is 11.8. The van der Waals surface area contributed by atoms with Gasteiger partial charge in [0.2, 0.25) is 0 Å². The van der Waals surface area contributed by atoms with Crippen LogP contribution in [0.25, 0.3) is 0 Å². The molecule has 0 aliphatic heterocycles. The molecule has 0 aromatic rings. The molecule has 0 aliphatic rings. The van der Waals surface area contributed by atoms with Gasteiger partial charge >= 0.3 is 11.9 Å². The van der Waals surface area contributed by atoms with Crippen LogP contribution in [-0.4, -0.2) is 22.2 Å². The van der Waals surface area contributed by atoms with Gasteiger partial charge in [-0.2, -0.15) is 0 Å². The van der Waals surface area contributed by atoms with Crippen LogP contribution in [0, 0.1) is 23.7 Å². The molecule has 0 unspecified atom stereocenters. The Balaban J connectivity index is 4.04. The summed E-state index contributed by atoms with van der Waals surface area (Å²) in [5, 5.41) is 18.1. The first-order valence-electron chi connectivity index (χ1n) is 6.73. The van der Waals surface area contributed by atoms with Crippen LogP contribution in [-0.2, 0) is 9.59 Å². The average Bonchev–Trinajstić information content (AvgIpc) is 2.20. The van der Waals surface area contributed by atoms with Gasteiger partial charge in [0.1, 0.15) is 0 Å². The minimum Gasteiger partial charge on any atom is -0.481 e. The molecule has 0 rings (SSSR count). The minimum atomic E-state index is -0.747. The van der Waals surface area contributed by atoms with E-state index < -0.39 is 11.9 Å². The van der Waals surface area contributed by atoms with Crippen molar-refractivity contribution in [3.63, 3.8) is 0 Å². The Morgan fingerprint density at radius 1 is 0.778 bits per heavy atom. The van der Waals surface area contributed by atoms with E-state index in [0.717, 1.165) is 12.8 Å². The Labute approximate surface area is 109 Å². The van der Waals surface area contributed by atoms with E-state index >= 15 is 0 Å². The Kier molecular flexibility index (Phi) is 7.64. The van der Waals surface area contributed by atoms with E-state index in [1.165, 1.54) is 0 Å². The lowest BCUT2D eigenvalue weighted by Gasteiger charge is -2.18. The highest BCUT2D eigenvalue weighted by Crippen LogP contribution is 2.23. The van der Waals surface area contributed by atoms with Crippen LogP contribution in [0.1, 0.15) is 53.4 Å². The van der Waals surface area contributed by atoms with Crippen molar-refractivity contribution >= 4 is 11.9 Å². The smallest absolute Gasteiger partial charge is 0.306 e. The van der Waals surface area contributed by atoms with Crippen molar-refractivity contribution in [2.75, 3.05) is 0 Å². The zero-order chi connectivity index (χ0) is 14.3. The maximum atomic E-state index is 11.0. The van der Waals surface area contributed by atoms with E-state index in [0.29, 0.717) is 12.8 Å². The van der Waals surface area contributed by atoms with Gasteiger partial charge in [0, 0.05) is 0 Å². The fraction of sp³-hybridized carbons (Fsp3) is 0.857. The van der Waals surface area contributed by atoms with Crippen LogP contribution < -0.4 is 0 Å². The van der Waals surface area contributed by atoms with Gasteiger partial charge in [0.25, 0.3) is 0 Å². The number of carboxylic acids is 2. The molecular weight excluding hydrogens is 232 g/mol. The molecule has 0 fully saturated rings. The molecule has 0 spiro atoms. The molecule has 0 heterocycles. The topological polar surface area (TPSA) is 74.6 Å². The Hall–Kier alpha value is -1.06. The molecule has 4 nitrogen and oxygen atoms in total. The highest BCUT2D eigenvalue weighted by atomic mass is 16.4. The predicted molar refractivity (Wildman–Crippen MR) is 70.4 cm³/mol. The van der Waals surface area contributed by atoms with Gasteiger partial charge in [-0.05, 0) is 24.7 Å². The Bertz CT molecular complexity index is 243. The molecule has 4 heteroatoms. The number of rotatable bonds is 9. The molecule has 0 amide bonds. The predicted octanol–water partition coefficient (Wildman–Crippen LogP) is 3.26. The zero-order valence-corrected chi connectivity index (χ0v) is 11.8. The summed E-state index contributed by atoms with van der Waals surface area (Å²) >= 11 is 0. The standard InChI is InChI=1S/C14H26O4/c1-9(2)11(13(15)16)7-5-6-8-12(10(3)4)14(17)18/h9-12H,5-8H2,1-4H3,(H,15,16)(H,17,18)/t11-,12-/m0/s1. The lowest BCUT2D eigenvalue weighted by Crippen LogP contribution is -2.21. The van der Waals surface area contributed by atoms with Crippen molar-refractivity contribution in [2.24, 2.45) is 23.7 Å². The van der Waals surface area contributed by atoms with Crippen LogP contribution in [0.3, 0.4) is 0 Å². The monoisotopic (exact) mass is 258 g/mol. The van der Waals surface area contributed by atoms with Crippen molar-refractivity contribution in [3.05, 3.63) is 0 Å². The highest BCUT2D eigenvalue weighted by Gasteiger charge is 2.23. The third-order valence-corrected chi connectivity index (χ3v) is 3.52. The first kappa shape index (κ1) is 16.9. The summed E-state index contributed by atoms with van der Waals surface area (Å²) in [5.74, 6) is -1.86. The summed E-state index contributed by atoms with van der Waals surface area (Å²) in [4.78, 5) is 22.0. The quantitative estimate of drug-likeness (QED) is 0.622. The van der Waals surface area contributed by atoms with E-state index in [9.17, 15) is 9.59 Å². The second kappa shape index (κ2) is 8.11. The number of hydrogen-bond acceptors (Lipinski definition) is 2. The van der Waals surface area contributed by atoms with Crippen LogP contribution in [0.4, 0.5) is 0 Å². The minimum absolute atomic E-state index is 0.128. The SMILES string of the molecule is CC(C)[C@H](CCCC[C@H](C(=O)O)C(C)C)C(=O)O. The van der Waals surface area contributed by atoms with E-state index in [1.54, 1.807) is 0 Å². The third kappa shape index (κ3) is 6.03. The molecule has 106 valence electrons. The van der Waals surface area contributed by atoms with Crippen molar-refractivity contribution in [1.82, 2.24) is 0 Å². The van der Waals surface area contributed by atoms with Gasteiger partial charge in [-0.1, -0.05) is 40.5 Å². The molecule has 2 atom stereocenters. The highest BCUT2D eigenvalue weighted by molar-refractivity contribution is 5.70. The van der Waals surface area contributed by atoms with E-state index in [2.05, 4.69) is 0 Å². The van der Waals surface area contributed by atoms with Gasteiger partial charge in [-0.25, -0.2) is 0 Å². The normalized spacial score (nSPS) is 14.8. The van der Waals surface area contributed by atoms with Crippen molar-refractivity contribution < 1.29 is 19.8 Å². The summed E-state index contributed by atoms with van der Waals surface area (Å²) in [6, 6.07) is 0. The fourth-order valence-electron chi connectivity index (χ4n) is 2.21. The molecule has 0 saturated carbocycles. The van der Waals surface area contributed by atoms with Crippen molar-refractivity contribution in [1.29, 1.82) is 0 Å². The lowest BCUT2D eigenvalue weighted by atomic mass is 9.87. The maximum absolute atomic E-state index is 11.0. The largest absolute Gasteiger partial charge is 0.481 e. The molecule has 0 aromatic carbocycles. The van der Waals surface area contributed by atoms with Crippen molar-refractivity contribution in [2.45, 2.75) is 53.4 Å². The fourth-order valence-corrected chi connectivity index (χ4v) is 2.21. The van der Waals surface area contributed by atoms with Crippen LogP contribution in [0.15, 0.2) is 0 Å². The Morgan fingerprint density at radius 3 is 1.22 bits per heavy atom. The first-order valence-corrected chi connectivity index (χ1v) is 6.73. The summed E-state index contributed by atoms with van der Waals surface area (Å²) in [7, 11) is 0. The van der Waals surface area contributed by atoms with E-state index in [1.807, 2.05) is 27.7 Å². The summed E-state index contributed by atoms with van der Waals surface area (Å²) in [5.41, 5.74) is 0. The van der Waals surface area contributed by atoms with Gasteiger partial charge in [-0.3, -0.25) is 9.59 Å². The average molecular weight is 258 g/mol. The van der Waals surface area contributed by atoms with Gasteiger partial charge in [0.05, 0.1) is 11.8 Å².